The number of nitrogen functional groups attached to an aromatic ring is 1. The molecule has 1 amide bonds. The minimum absolute atomic E-state index is 0.243. The van der Waals surface area contributed by atoms with Crippen molar-refractivity contribution in [3.8, 4) is 11.3 Å². The third-order valence-electron chi connectivity index (χ3n) is 3.02. The third kappa shape index (κ3) is 2.96. The average Bonchev–Trinajstić information content (AvgIpc) is 2.89. The fraction of sp³-hybridized carbons (Fsp3) is 0. The predicted molar refractivity (Wildman–Crippen MR) is 86.3 cm³/mol. The summed E-state index contributed by atoms with van der Waals surface area (Å²) in [6.45, 7) is 0. The van der Waals surface area contributed by atoms with Crippen LogP contribution in [0.2, 0.25) is 0 Å². The Bertz CT molecular complexity index is 800. The summed E-state index contributed by atoms with van der Waals surface area (Å²) in [6.07, 6.45) is 0. The molecule has 0 bridgehead atoms. The number of rotatable bonds is 3. The van der Waals surface area contributed by atoms with Crippen LogP contribution in [0.5, 0.6) is 0 Å². The first kappa shape index (κ1) is 14.2. The van der Waals surface area contributed by atoms with E-state index in [1.807, 2.05) is 6.07 Å². The van der Waals surface area contributed by atoms with E-state index >= 15 is 0 Å². The van der Waals surface area contributed by atoms with Crippen molar-refractivity contribution < 1.29 is 9.18 Å². The van der Waals surface area contributed by atoms with Crippen LogP contribution >= 0.6 is 11.3 Å². The summed E-state index contributed by atoms with van der Waals surface area (Å²) in [5.41, 5.74) is 7.51. The Morgan fingerprint density at radius 3 is 2.45 bits per heavy atom. The fourth-order valence-corrected chi connectivity index (χ4v) is 2.74. The number of thiazole rings is 1. The maximum atomic E-state index is 13.0. The lowest BCUT2D eigenvalue weighted by Crippen LogP contribution is -2.11. The number of carbonyl (C=O) groups is 1. The van der Waals surface area contributed by atoms with Crippen molar-refractivity contribution in [2.45, 2.75) is 0 Å². The number of halogens is 1. The van der Waals surface area contributed by atoms with Gasteiger partial charge in [-0.15, -0.1) is 0 Å². The molecule has 0 aliphatic heterocycles. The lowest BCUT2D eigenvalue weighted by molar-refractivity contribution is 0.102. The molecule has 0 unspecified atom stereocenters. The highest BCUT2D eigenvalue weighted by molar-refractivity contribution is 7.20. The molecular formula is C16H12FN3OS. The second kappa shape index (κ2) is 5.95. The Labute approximate surface area is 130 Å². The van der Waals surface area contributed by atoms with Crippen LogP contribution in [-0.2, 0) is 0 Å². The van der Waals surface area contributed by atoms with Gasteiger partial charge < -0.3 is 11.1 Å². The predicted octanol–water partition coefficient (Wildman–Crippen LogP) is 3.78. The summed E-state index contributed by atoms with van der Waals surface area (Å²) in [5, 5.41) is 3.68. The Morgan fingerprint density at radius 1 is 1.09 bits per heavy atom. The molecule has 3 rings (SSSR count). The van der Waals surface area contributed by atoms with E-state index in [-0.39, 0.29) is 11.7 Å². The monoisotopic (exact) mass is 313 g/mol. The van der Waals surface area contributed by atoms with Gasteiger partial charge in [0.25, 0.3) is 5.91 Å². The first-order valence-corrected chi connectivity index (χ1v) is 7.34. The molecule has 0 spiro atoms. The SMILES string of the molecule is Nc1nc(-c2ccc(F)cc2)c(NC(=O)c2ccccc2)s1. The zero-order chi connectivity index (χ0) is 15.5. The number of nitrogens with one attached hydrogen (secondary N) is 1. The van der Waals surface area contributed by atoms with E-state index in [9.17, 15) is 9.18 Å². The smallest absolute Gasteiger partial charge is 0.256 e. The minimum atomic E-state index is -0.332. The fourth-order valence-electron chi connectivity index (χ4n) is 1.99. The van der Waals surface area contributed by atoms with Crippen molar-refractivity contribution in [3.63, 3.8) is 0 Å². The van der Waals surface area contributed by atoms with Gasteiger partial charge in [0.05, 0.1) is 0 Å². The molecule has 4 nitrogen and oxygen atoms in total. The first-order valence-electron chi connectivity index (χ1n) is 6.52. The maximum absolute atomic E-state index is 13.0. The van der Waals surface area contributed by atoms with Crippen LogP contribution in [0.1, 0.15) is 10.4 Å². The van der Waals surface area contributed by atoms with E-state index in [1.165, 1.54) is 23.5 Å². The van der Waals surface area contributed by atoms with Gasteiger partial charge in [-0.1, -0.05) is 29.5 Å². The Balaban J connectivity index is 1.92. The number of hydrogen-bond acceptors (Lipinski definition) is 4. The summed E-state index contributed by atoms with van der Waals surface area (Å²) in [7, 11) is 0. The largest absolute Gasteiger partial charge is 0.375 e. The molecule has 3 aromatic rings. The van der Waals surface area contributed by atoms with Gasteiger partial charge in [-0.3, -0.25) is 4.79 Å². The van der Waals surface area contributed by atoms with Crippen molar-refractivity contribution in [3.05, 3.63) is 66.0 Å². The molecule has 0 radical (unpaired) electrons. The molecule has 22 heavy (non-hydrogen) atoms. The van der Waals surface area contributed by atoms with Gasteiger partial charge in [-0.25, -0.2) is 9.37 Å². The lowest BCUT2D eigenvalue weighted by atomic mass is 10.1. The summed E-state index contributed by atoms with van der Waals surface area (Å²) < 4.78 is 13.0. The molecule has 110 valence electrons. The van der Waals surface area contributed by atoms with Gasteiger partial charge in [0, 0.05) is 11.1 Å². The molecule has 3 N–H and O–H groups in total. The van der Waals surface area contributed by atoms with E-state index in [2.05, 4.69) is 10.3 Å². The highest BCUT2D eigenvalue weighted by Gasteiger charge is 2.15. The molecule has 1 heterocycles. The highest BCUT2D eigenvalue weighted by atomic mass is 32.1. The van der Waals surface area contributed by atoms with E-state index in [1.54, 1.807) is 36.4 Å². The van der Waals surface area contributed by atoms with Crippen LogP contribution in [0.25, 0.3) is 11.3 Å². The quantitative estimate of drug-likeness (QED) is 0.773. The van der Waals surface area contributed by atoms with Crippen LogP contribution in [0.3, 0.4) is 0 Å². The van der Waals surface area contributed by atoms with E-state index in [0.717, 1.165) is 0 Å². The number of carbonyl (C=O) groups excluding carboxylic acids is 1. The summed E-state index contributed by atoms with van der Waals surface area (Å²) in [4.78, 5) is 16.4. The van der Waals surface area contributed by atoms with Gasteiger partial charge in [0.1, 0.15) is 16.5 Å². The van der Waals surface area contributed by atoms with Gasteiger partial charge >= 0.3 is 0 Å². The second-order valence-electron chi connectivity index (χ2n) is 4.56. The minimum Gasteiger partial charge on any atom is -0.375 e. The molecule has 0 atom stereocenters. The van der Waals surface area contributed by atoms with Crippen molar-refractivity contribution in [1.82, 2.24) is 4.98 Å². The van der Waals surface area contributed by atoms with Crippen molar-refractivity contribution in [2.24, 2.45) is 0 Å². The molecule has 0 aliphatic rings. The van der Waals surface area contributed by atoms with Crippen LogP contribution in [-0.4, -0.2) is 10.9 Å². The number of nitrogens with zero attached hydrogens (tertiary/aromatic N) is 1. The second-order valence-corrected chi connectivity index (χ2v) is 5.59. The maximum Gasteiger partial charge on any atom is 0.256 e. The number of amides is 1. The zero-order valence-corrected chi connectivity index (χ0v) is 12.2. The molecule has 2 aromatic carbocycles. The van der Waals surface area contributed by atoms with E-state index < -0.39 is 0 Å². The first-order chi connectivity index (χ1) is 10.6. The Morgan fingerprint density at radius 2 is 1.77 bits per heavy atom. The summed E-state index contributed by atoms with van der Waals surface area (Å²) in [6, 6.07) is 14.7. The molecule has 0 aliphatic carbocycles. The average molecular weight is 313 g/mol. The van der Waals surface area contributed by atoms with E-state index in [0.29, 0.717) is 27.0 Å². The van der Waals surface area contributed by atoms with Gasteiger partial charge in [-0.05, 0) is 36.4 Å². The molecule has 0 saturated carbocycles. The molecule has 0 saturated heterocycles. The van der Waals surface area contributed by atoms with Crippen LogP contribution in [0, 0.1) is 5.82 Å². The third-order valence-corrected chi connectivity index (χ3v) is 3.82. The topological polar surface area (TPSA) is 68.0 Å². The highest BCUT2D eigenvalue weighted by Crippen LogP contribution is 2.34. The number of anilines is 2. The molecule has 0 fully saturated rings. The van der Waals surface area contributed by atoms with E-state index in [4.69, 9.17) is 5.73 Å². The summed E-state index contributed by atoms with van der Waals surface area (Å²) >= 11 is 1.18. The Kier molecular flexibility index (Phi) is 3.84. The number of aromatic nitrogens is 1. The number of benzene rings is 2. The molecule has 6 heteroatoms. The van der Waals surface area contributed by atoms with Crippen LogP contribution in [0.4, 0.5) is 14.5 Å². The normalized spacial score (nSPS) is 10.4. The Hall–Kier alpha value is -2.73. The van der Waals surface area contributed by atoms with Gasteiger partial charge in [-0.2, -0.15) is 0 Å². The number of nitrogens with two attached hydrogens (primary N) is 1. The summed E-state index contributed by atoms with van der Waals surface area (Å²) in [5.74, 6) is -0.575. The molecular weight excluding hydrogens is 301 g/mol. The van der Waals surface area contributed by atoms with Gasteiger partial charge in [0.2, 0.25) is 0 Å². The molecule has 1 aromatic heterocycles. The zero-order valence-electron chi connectivity index (χ0n) is 11.4. The standard InChI is InChI=1S/C16H12FN3OS/c17-12-8-6-10(7-9-12)13-15(22-16(18)19-13)20-14(21)11-4-2-1-3-5-11/h1-9H,(H2,18,19)(H,20,21). The number of hydrogen-bond donors (Lipinski definition) is 2. The van der Waals surface area contributed by atoms with Crippen molar-refractivity contribution in [2.75, 3.05) is 11.1 Å². The van der Waals surface area contributed by atoms with Crippen molar-refractivity contribution >= 4 is 27.4 Å². The van der Waals surface area contributed by atoms with Gasteiger partial charge in [0.15, 0.2) is 5.13 Å². The van der Waals surface area contributed by atoms with Crippen molar-refractivity contribution in [1.29, 1.82) is 0 Å². The van der Waals surface area contributed by atoms with Crippen LogP contribution in [0.15, 0.2) is 54.6 Å². The lowest BCUT2D eigenvalue weighted by Gasteiger charge is -2.05. The van der Waals surface area contributed by atoms with Crippen LogP contribution < -0.4 is 11.1 Å².